The van der Waals surface area contributed by atoms with Gasteiger partial charge >= 0.3 is 0 Å². The van der Waals surface area contributed by atoms with Crippen molar-refractivity contribution in [2.45, 2.75) is 79.3 Å². The number of nitrogens with one attached hydrogen (secondary N) is 2. The average Bonchev–Trinajstić information content (AvgIpc) is 3.17. The summed E-state index contributed by atoms with van der Waals surface area (Å²) in [6.07, 6.45) is 13.1. The van der Waals surface area contributed by atoms with E-state index in [0.29, 0.717) is 29.5 Å². The molecule has 52 heavy (non-hydrogen) atoms. The van der Waals surface area contributed by atoms with Crippen LogP contribution < -0.4 is 16.2 Å². The Kier molecular flexibility index (Phi) is 17.4. The summed E-state index contributed by atoms with van der Waals surface area (Å²) in [5.74, 6) is 0.943. The first-order chi connectivity index (χ1) is 25.2. The van der Waals surface area contributed by atoms with Gasteiger partial charge in [-0.25, -0.2) is 9.37 Å². The van der Waals surface area contributed by atoms with Crippen molar-refractivity contribution in [3.05, 3.63) is 155 Å². The molecule has 1 unspecified atom stereocenters. The lowest BCUT2D eigenvalue weighted by molar-refractivity contribution is 0.631. The Balaban J connectivity index is 0.000000305. The number of likely N-dealkylation sites (N-methyl/N-ethyl adjacent to an activating group) is 1. The molecule has 7 heteroatoms. The maximum atomic E-state index is 14.1. The van der Waals surface area contributed by atoms with Crippen molar-refractivity contribution in [3.8, 4) is 22.5 Å². The SMILES string of the molecule is C=CCn1c(-c2ccccc2)ncc(NC(C)c2ccc(-c3ccccc3F)cc2)c1=O.CCCC.CC[C@@H](C)c1ccncc1/C=C(\C)CNC. The maximum absolute atomic E-state index is 14.1. The normalized spacial score (nSPS) is 12.0. The number of allylic oxidation sites excluding steroid dienone is 1. The highest BCUT2D eigenvalue weighted by Gasteiger charge is 2.14. The molecule has 0 radical (unpaired) electrons. The van der Waals surface area contributed by atoms with E-state index in [4.69, 9.17) is 0 Å². The molecule has 0 aliphatic heterocycles. The van der Waals surface area contributed by atoms with Crippen LogP contribution in [0.4, 0.5) is 10.1 Å². The lowest BCUT2D eigenvalue weighted by Gasteiger charge is -2.18. The second kappa shape index (κ2) is 21.9. The largest absolute Gasteiger partial charge is 0.373 e. The number of hydrogen-bond donors (Lipinski definition) is 2. The molecule has 0 aliphatic carbocycles. The van der Waals surface area contributed by atoms with Crippen LogP contribution in [-0.2, 0) is 6.54 Å². The predicted molar refractivity (Wildman–Crippen MR) is 219 cm³/mol. The molecule has 0 spiro atoms. The Bertz CT molecular complexity index is 1900. The van der Waals surface area contributed by atoms with E-state index in [9.17, 15) is 9.18 Å². The lowest BCUT2D eigenvalue weighted by atomic mass is 9.94. The van der Waals surface area contributed by atoms with Gasteiger partial charge in [-0.15, -0.1) is 6.58 Å². The van der Waals surface area contributed by atoms with Gasteiger partial charge in [0, 0.05) is 42.7 Å². The highest BCUT2D eigenvalue weighted by Crippen LogP contribution is 2.26. The minimum Gasteiger partial charge on any atom is -0.373 e. The third-order valence-electron chi connectivity index (χ3n) is 8.75. The topological polar surface area (TPSA) is 71.8 Å². The van der Waals surface area contributed by atoms with Crippen LogP contribution >= 0.6 is 0 Å². The van der Waals surface area contributed by atoms with Gasteiger partial charge in [0.15, 0.2) is 0 Å². The van der Waals surface area contributed by atoms with E-state index < -0.39 is 0 Å². The van der Waals surface area contributed by atoms with Gasteiger partial charge in [0.05, 0.1) is 6.20 Å². The molecule has 0 aliphatic rings. The van der Waals surface area contributed by atoms with Crippen molar-refractivity contribution in [2.75, 3.05) is 18.9 Å². The van der Waals surface area contributed by atoms with Crippen LogP contribution in [0, 0.1) is 5.82 Å². The van der Waals surface area contributed by atoms with E-state index >= 15 is 0 Å². The van der Waals surface area contributed by atoms with Gasteiger partial charge in [0.2, 0.25) is 0 Å². The molecule has 3 aromatic carbocycles. The lowest BCUT2D eigenvalue weighted by Crippen LogP contribution is -2.26. The fraction of sp³-hybridized carbons (Fsp3) is 0.311. The number of nitrogens with zero attached hydrogens (tertiary/aromatic N) is 3. The van der Waals surface area contributed by atoms with E-state index in [1.54, 1.807) is 29.0 Å². The third kappa shape index (κ3) is 12.0. The summed E-state index contributed by atoms with van der Waals surface area (Å²) >= 11 is 0. The maximum Gasteiger partial charge on any atom is 0.277 e. The molecular formula is C45H56FN5O. The van der Waals surface area contributed by atoms with Gasteiger partial charge in [-0.05, 0) is 67.6 Å². The summed E-state index contributed by atoms with van der Waals surface area (Å²) in [5.41, 5.74) is 7.46. The fourth-order valence-electron chi connectivity index (χ4n) is 5.47. The van der Waals surface area contributed by atoms with E-state index in [1.807, 2.05) is 87.0 Å². The first-order valence-corrected chi connectivity index (χ1v) is 18.3. The monoisotopic (exact) mass is 701 g/mol. The summed E-state index contributed by atoms with van der Waals surface area (Å²) in [6.45, 7) is 18.0. The summed E-state index contributed by atoms with van der Waals surface area (Å²) in [4.78, 5) is 21.9. The number of hydrogen-bond acceptors (Lipinski definition) is 5. The molecule has 0 saturated carbocycles. The Labute approximate surface area is 310 Å². The van der Waals surface area contributed by atoms with Crippen molar-refractivity contribution in [3.63, 3.8) is 0 Å². The summed E-state index contributed by atoms with van der Waals surface area (Å²) < 4.78 is 15.7. The zero-order chi connectivity index (χ0) is 37.9. The predicted octanol–water partition coefficient (Wildman–Crippen LogP) is 11.1. The first-order valence-electron chi connectivity index (χ1n) is 18.3. The summed E-state index contributed by atoms with van der Waals surface area (Å²) in [5, 5.41) is 6.43. The Hall–Kier alpha value is -5.14. The summed E-state index contributed by atoms with van der Waals surface area (Å²) in [6, 6.07) is 26.0. The highest BCUT2D eigenvalue weighted by molar-refractivity contribution is 5.64. The smallest absolute Gasteiger partial charge is 0.277 e. The van der Waals surface area contributed by atoms with E-state index in [-0.39, 0.29) is 17.4 Å². The Morgan fingerprint density at radius 1 is 0.904 bits per heavy atom. The molecule has 274 valence electrons. The molecule has 2 atom stereocenters. The summed E-state index contributed by atoms with van der Waals surface area (Å²) in [7, 11) is 1.97. The quantitative estimate of drug-likeness (QED) is 0.120. The molecule has 5 rings (SSSR count). The number of pyridine rings is 1. The minimum absolute atomic E-state index is 0.140. The number of halogens is 1. The molecular weight excluding hydrogens is 646 g/mol. The van der Waals surface area contributed by atoms with Crippen LogP contribution in [0.5, 0.6) is 0 Å². The molecule has 2 N–H and O–H groups in total. The van der Waals surface area contributed by atoms with Crippen LogP contribution in [0.2, 0.25) is 0 Å². The number of unbranched alkanes of at least 4 members (excludes halogenated alkanes) is 1. The molecule has 5 aromatic rings. The Morgan fingerprint density at radius 3 is 2.19 bits per heavy atom. The Morgan fingerprint density at radius 2 is 1.58 bits per heavy atom. The van der Waals surface area contributed by atoms with E-state index in [0.717, 1.165) is 29.7 Å². The van der Waals surface area contributed by atoms with Crippen LogP contribution in [0.1, 0.15) is 89.5 Å². The molecule has 6 nitrogen and oxygen atoms in total. The van der Waals surface area contributed by atoms with Gasteiger partial charge in [0.25, 0.3) is 5.56 Å². The highest BCUT2D eigenvalue weighted by atomic mass is 19.1. The fourth-order valence-corrected chi connectivity index (χ4v) is 5.47. The standard InChI is InChI=1S/C27H24FN3O.C14H22N2.C4H10/c1-3-17-31-26(22-9-5-4-6-10-22)29-18-25(27(31)32)30-19(2)20-13-15-21(16-14-20)23-11-7-8-12-24(23)28;1-5-12(3)14-6-7-16-10-13(14)8-11(2)9-15-4;1-3-4-2/h3-16,18-19,30H,1,17H2,2H3;6-8,10,12,15H,5,9H2,1-4H3;3-4H2,1-2H3/b;11-8+;/t;12-;/m.1./s1. The number of aromatic nitrogens is 3. The molecule has 0 fully saturated rings. The van der Waals surface area contributed by atoms with Crippen LogP contribution in [0.3, 0.4) is 0 Å². The minimum atomic E-state index is -0.251. The molecule has 0 saturated heterocycles. The average molecular weight is 702 g/mol. The van der Waals surface area contributed by atoms with Crippen molar-refractivity contribution in [1.29, 1.82) is 0 Å². The number of benzene rings is 3. The van der Waals surface area contributed by atoms with E-state index in [1.165, 1.54) is 35.6 Å². The second-order valence-electron chi connectivity index (χ2n) is 12.9. The second-order valence-corrected chi connectivity index (χ2v) is 12.9. The molecule has 2 aromatic heterocycles. The van der Waals surface area contributed by atoms with Crippen LogP contribution in [0.25, 0.3) is 28.6 Å². The van der Waals surface area contributed by atoms with E-state index in [2.05, 4.69) is 73.9 Å². The van der Waals surface area contributed by atoms with Gasteiger partial charge in [-0.2, -0.15) is 0 Å². The zero-order valence-electron chi connectivity index (χ0n) is 32.0. The molecule has 0 amide bonds. The van der Waals surface area contributed by atoms with Crippen molar-refractivity contribution in [1.82, 2.24) is 19.9 Å². The first kappa shape index (κ1) is 41.3. The van der Waals surface area contributed by atoms with Gasteiger partial charge in [0.1, 0.15) is 17.3 Å². The van der Waals surface area contributed by atoms with Crippen molar-refractivity contribution in [2.24, 2.45) is 0 Å². The van der Waals surface area contributed by atoms with Crippen molar-refractivity contribution < 1.29 is 4.39 Å². The number of anilines is 1. The third-order valence-corrected chi connectivity index (χ3v) is 8.75. The van der Waals surface area contributed by atoms with Gasteiger partial charge in [-0.1, -0.05) is 131 Å². The van der Waals surface area contributed by atoms with Crippen molar-refractivity contribution >= 4 is 11.8 Å². The molecule has 0 bridgehead atoms. The zero-order valence-corrected chi connectivity index (χ0v) is 32.0. The van der Waals surface area contributed by atoms with Crippen LogP contribution in [-0.4, -0.2) is 28.1 Å². The van der Waals surface area contributed by atoms with Gasteiger partial charge in [-0.3, -0.25) is 14.3 Å². The molecule has 2 heterocycles. The number of rotatable bonds is 13. The van der Waals surface area contributed by atoms with Crippen LogP contribution in [0.15, 0.2) is 127 Å². The van der Waals surface area contributed by atoms with Gasteiger partial charge < -0.3 is 10.6 Å².